The summed E-state index contributed by atoms with van der Waals surface area (Å²) in [6.45, 7) is 2.08. The molecule has 160 valence electrons. The van der Waals surface area contributed by atoms with Crippen LogP contribution in [-0.2, 0) is 11.2 Å². The molecule has 1 N–H and O–H groups in total. The third-order valence-electron chi connectivity index (χ3n) is 4.59. The second-order valence-corrected chi connectivity index (χ2v) is 10.4. The molecule has 0 radical (unpaired) electrons. The number of hydrogen-bond acceptors (Lipinski definition) is 8. The predicted octanol–water partition coefficient (Wildman–Crippen LogP) is 4.94. The Kier molecular flexibility index (Phi) is 5.97. The summed E-state index contributed by atoms with van der Waals surface area (Å²) in [5.41, 5.74) is 3.42. The van der Waals surface area contributed by atoms with Crippen molar-refractivity contribution in [3.05, 3.63) is 76.8 Å². The number of thioether (sulfide) groups is 1. The van der Waals surface area contributed by atoms with Gasteiger partial charge in [-0.1, -0.05) is 83.3 Å². The van der Waals surface area contributed by atoms with Crippen molar-refractivity contribution >= 4 is 50.4 Å². The van der Waals surface area contributed by atoms with Gasteiger partial charge in [0.05, 0.1) is 5.75 Å². The van der Waals surface area contributed by atoms with E-state index in [4.69, 9.17) is 0 Å². The fourth-order valence-corrected chi connectivity index (χ4v) is 5.72. The van der Waals surface area contributed by atoms with Gasteiger partial charge in [-0.2, -0.15) is 4.52 Å². The minimum absolute atomic E-state index is 0.110. The van der Waals surface area contributed by atoms with Gasteiger partial charge in [0.1, 0.15) is 0 Å². The molecular weight excluding hydrogens is 460 g/mol. The van der Waals surface area contributed by atoms with E-state index in [1.165, 1.54) is 45.6 Å². The fraction of sp³-hybridized carbons (Fsp3) is 0.136. The van der Waals surface area contributed by atoms with Crippen LogP contribution in [0.15, 0.2) is 65.1 Å². The summed E-state index contributed by atoms with van der Waals surface area (Å²) in [6, 6.07) is 18.2. The summed E-state index contributed by atoms with van der Waals surface area (Å²) in [5, 5.41) is 16.5. The van der Waals surface area contributed by atoms with E-state index in [0.29, 0.717) is 15.9 Å². The molecule has 0 unspecified atom stereocenters. The van der Waals surface area contributed by atoms with E-state index in [1.54, 1.807) is 4.52 Å². The fourth-order valence-electron chi connectivity index (χ4n) is 3.18. The number of thiazole rings is 1. The van der Waals surface area contributed by atoms with Crippen molar-refractivity contribution in [3.63, 3.8) is 0 Å². The van der Waals surface area contributed by atoms with E-state index in [9.17, 15) is 4.79 Å². The minimum atomic E-state index is -0.110. The standard InChI is InChI=1S/C22H18N6OS3/c1-14-6-5-7-15(10-14)11-17-12-23-20(31-17)24-18(29)13-30-22-27-28-19(25-26-21(28)32-22)16-8-3-2-4-9-16/h2-10,12H,11,13H2,1H3,(H,23,24,29). The third kappa shape index (κ3) is 4.72. The largest absolute Gasteiger partial charge is 0.301 e. The number of carbonyl (C=O) groups is 1. The molecule has 0 spiro atoms. The van der Waals surface area contributed by atoms with Crippen LogP contribution in [0.25, 0.3) is 16.3 Å². The lowest BCUT2D eigenvalue weighted by atomic mass is 10.1. The summed E-state index contributed by atoms with van der Waals surface area (Å²) in [7, 11) is 0. The normalized spacial score (nSPS) is 11.2. The predicted molar refractivity (Wildman–Crippen MR) is 130 cm³/mol. The maximum Gasteiger partial charge on any atom is 0.236 e. The second-order valence-electron chi connectivity index (χ2n) is 7.09. The molecule has 5 aromatic rings. The number of amides is 1. The highest BCUT2D eigenvalue weighted by molar-refractivity contribution is 8.01. The molecule has 0 saturated carbocycles. The van der Waals surface area contributed by atoms with Crippen LogP contribution >= 0.6 is 34.4 Å². The number of aromatic nitrogens is 5. The Morgan fingerprint density at radius 2 is 1.97 bits per heavy atom. The van der Waals surface area contributed by atoms with Crippen LogP contribution in [0, 0.1) is 6.92 Å². The first-order valence-corrected chi connectivity index (χ1v) is 12.5. The first-order chi connectivity index (χ1) is 15.6. The molecule has 7 nitrogen and oxygen atoms in total. The number of nitrogens with zero attached hydrogens (tertiary/aromatic N) is 5. The molecule has 3 heterocycles. The summed E-state index contributed by atoms with van der Waals surface area (Å²) in [5.74, 6) is 0.829. The highest BCUT2D eigenvalue weighted by Crippen LogP contribution is 2.28. The van der Waals surface area contributed by atoms with Gasteiger partial charge in [0, 0.05) is 23.1 Å². The topological polar surface area (TPSA) is 85.1 Å². The number of hydrogen-bond donors (Lipinski definition) is 1. The van der Waals surface area contributed by atoms with Crippen molar-refractivity contribution in [1.82, 2.24) is 24.8 Å². The lowest BCUT2D eigenvalue weighted by molar-refractivity contribution is -0.113. The third-order valence-corrected chi connectivity index (χ3v) is 7.54. The summed E-state index contributed by atoms with van der Waals surface area (Å²) in [4.78, 5) is 18.6. The molecule has 0 fully saturated rings. The number of aryl methyl sites for hydroxylation is 1. The average molecular weight is 479 g/mol. The number of fused-ring (bicyclic) bond motifs is 1. The Hall–Kier alpha value is -3.08. The van der Waals surface area contributed by atoms with Gasteiger partial charge < -0.3 is 5.32 Å². The van der Waals surface area contributed by atoms with Crippen molar-refractivity contribution in [2.45, 2.75) is 17.7 Å². The zero-order valence-corrected chi connectivity index (χ0v) is 19.5. The maximum atomic E-state index is 12.4. The van der Waals surface area contributed by atoms with E-state index in [-0.39, 0.29) is 11.7 Å². The molecular formula is C22H18N6OS3. The highest BCUT2D eigenvalue weighted by Gasteiger charge is 2.15. The second kappa shape index (κ2) is 9.19. The Morgan fingerprint density at radius 1 is 1.09 bits per heavy atom. The molecule has 0 bridgehead atoms. The first kappa shape index (κ1) is 20.8. The Morgan fingerprint density at radius 3 is 2.81 bits per heavy atom. The van der Waals surface area contributed by atoms with Gasteiger partial charge in [-0.15, -0.1) is 26.6 Å². The smallest absolute Gasteiger partial charge is 0.236 e. The van der Waals surface area contributed by atoms with Crippen LogP contribution in [0.2, 0.25) is 0 Å². The number of anilines is 1. The van der Waals surface area contributed by atoms with E-state index < -0.39 is 0 Å². The Balaban J connectivity index is 1.19. The van der Waals surface area contributed by atoms with Gasteiger partial charge in [-0.05, 0) is 12.5 Å². The van der Waals surface area contributed by atoms with Crippen LogP contribution in [0.1, 0.15) is 16.0 Å². The van der Waals surface area contributed by atoms with Gasteiger partial charge in [0.15, 0.2) is 15.3 Å². The molecule has 0 aliphatic carbocycles. The van der Waals surface area contributed by atoms with E-state index in [1.807, 2.05) is 36.5 Å². The van der Waals surface area contributed by atoms with Crippen molar-refractivity contribution in [1.29, 1.82) is 0 Å². The van der Waals surface area contributed by atoms with E-state index in [2.05, 4.69) is 56.8 Å². The molecule has 2 aromatic carbocycles. The Bertz CT molecular complexity index is 1370. The van der Waals surface area contributed by atoms with Crippen LogP contribution in [0.5, 0.6) is 0 Å². The lowest BCUT2D eigenvalue weighted by Gasteiger charge is -2.00. The quantitative estimate of drug-likeness (QED) is 0.334. The summed E-state index contributed by atoms with van der Waals surface area (Å²) >= 11 is 4.29. The van der Waals surface area contributed by atoms with Gasteiger partial charge in [0.2, 0.25) is 10.9 Å². The van der Waals surface area contributed by atoms with E-state index >= 15 is 0 Å². The minimum Gasteiger partial charge on any atom is -0.301 e. The number of carbonyl (C=O) groups excluding carboxylic acids is 1. The summed E-state index contributed by atoms with van der Waals surface area (Å²) in [6.07, 6.45) is 2.63. The van der Waals surface area contributed by atoms with Crippen molar-refractivity contribution in [3.8, 4) is 11.4 Å². The molecule has 32 heavy (non-hydrogen) atoms. The Labute approximate surface area is 196 Å². The SMILES string of the molecule is Cc1cccc(Cc2cnc(NC(=O)CSc3nn4c(-c5ccccc5)nnc4s3)s2)c1. The van der Waals surface area contributed by atoms with Crippen molar-refractivity contribution < 1.29 is 4.79 Å². The average Bonchev–Trinajstić information content (AvgIpc) is 3.49. The van der Waals surface area contributed by atoms with Crippen LogP contribution < -0.4 is 5.32 Å². The monoisotopic (exact) mass is 478 g/mol. The molecule has 0 aliphatic rings. The zero-order valence-electron chi connectivity index (χ0n) is 17.1. The van der Waals surface area contributed by atoms with Crippen molar-refractivity contribution in [2.24, 2.45) is 0 Å². The van der Waals surface area contributed by atoms with Gasteiger partial charge in [-0.3, -0.25) is 4.79 Å². The van der Waals surface area contributed by atoms with Crippen molar-refractivity contribution in [2.75, 3.05) is 11.1 Å². The number of benzene rings is 2. The van der Waals surface area contributed by atoms with Crippen LogP contribution in [0.4, 0.5) is 5.13 Å². The zero-order chi connectivity index (χ0) is 21.9. The lowest BCUT2D eigenvalue weighted by Crippen LogP contribution is -2.13. The number of nitrogens with one attached hydrogen (secondary N) is 1. The molecule has 0 atom stereocenters. The first-order valence-electron chi connectivity index (χ1n) is 9.84. The number of rotatable bonds is 7. The van der Waals surface area contributed by atoms with Gasteiger partial charge in [-0.25, -0.2) is 4.98 Å². The maximum absolute atomic E-state index is 12.4. The van der Waals surface area contributed by atoms with Gasteiger partial charge >= 0.3 is 0 Å². The molecule has 0 aliphatic heterocycles. The van der Waals surface area contributed by atoms with E-state index in [0.717, 1.165) is 21.2 Å². The highest BCUT2D eigenvalue weighted by atomic mass is 32.2. The summed E-state index contributed by atoms with van der Waals surface area (Å²) < 4.78 is 2.49. The molecule has 1 amide bonds. The van der Waals surface area contributed by atoms with Gasteiger partial charge in [0.25, 0.3) is 0 Å². The molecule has 5 rings (SSSR count). The van der Waals surface area contributed by atoms with Crippen LogP contribution in [-0.4, -0.2) is 36.5 Å². The van der Waals surface area contributed by atoms with Crippen LogP contribution in [0.3, 0.4) is 0 Å². The molecule has 3 aromatic heterocycles. The molecule has 0 saturated heterocycles. The molecule has 10 heteroatoms.